The van der Waals surface area contributed by atoms with E-state index in [1.165, 1.54) is 19.3 Å². The number of aromatic nitrogens is 2. The second kappa shape index (κ2) is 8.17. The number of rotatable bonds is 5. The lowest BCUT2D eigenvalue weighted by atomic mass is 10.0. The fourth-order valence-electron chi connectivity index (χ4n) is 4.35. The molecule has 3 aliphatic rings. The number of morpholine rings is 1. The zero-order valence-electron chi connectivity index (χ0n) is 15.6. The molecule has 3 fully saturated rings. The first-order valence-electron chi connectivity index (χ1n) is 10.0. The van der Waals surface area contributed by atoms with Crippen molar-refractivity contribution in [1.29, 1.82) is 0 Å². The molecular formula is C19H31N5O2. The second-order valence-electron chi connectivity index (χ2n) is 8.01. The Morgan fingerprint density at radius 2 is 1.69 bits per heavy atom. The van der Waals surface area contributed by atoms with E-state index in [-0.39, 0.29) is 0 Å². The summed E-state index contributed by atoms with van der Waals surface area (Å²) in [7, 11) is 0. The summed E-state index contributed by atoms with van der Waals surface area (Å²) in [4.78, 5) is 16.0. The van der Waals surface area contributed by atoms with Crippen LogP contribution in [0, 0.1) is 0 Å². The highest BCUT2D eigenvalue weighted by molar-refractivity contribution is 5.30. The van der Waals surface area contributed by atoms with E-state index < -0.39 is 5.60 Å². The fraction of sp³-hybridized carbons (Fsp3) is 0.789. The normalized spacial score (nSPS) is 28.6. The Labute approximate surface area is 156 Å². The summed E-state index contributed by atoms with van der Waals surface area (Å²) in [5.74, 6) is 0.792. The van der Waals surface area contributed by atoms with Crippen molar-refractivity contribution in [1.82, 2.24) is 19.8 Å². The van der Waals surface area contributed by atoms with Crippen molar-refractivity contribution >= 4 is 5.95 Å². The Balaban J connectivity index is 1.29. The predicted octanol–water partition coefficient (Wildman–Crippen LogP) is 0.736. The molecule has 0 unspecified atom stereocenters. The molecule has 0 aromatic carbocycles. The number of likely N-dealkylation sites (tertiary alicyclic amines) is 2. The average Bonchev–Trinajstić information content (AvgIpc) is 3.04. The third-order valence-corrected chi connectivity index (χ3v) is 5.77. The first kappa shape index (κ1) is 18.1. The first-order valence-corrected chi connectivity index (χ1v) is 10.0. The Morgan fingerprint density at radius 1 is 0.962 bits per heavy atom. The molecule has 1 atom stereocenters. The van der Waals surface area contributed by atoms with Gasteiger partial charge in [-0.2, -0.15) is 0 Å². The van der Waals surface area contributed by atoms with Gasteiger partial charge in [0.25, 0.3) is 0 Å². The lowest BCUT2D eigenvalue weighted by molar-refractivity contribution is 0.00634. The van der Waals surface area contributed by atoms with E-state index in [0.717, 1.165) is 83.5 Å². The summed E-state index contributed by atoms with van der Waals surface area (Å²) in [6.45, 7) is 8.79. The van der Waals surface area contributed by atoms with Crippen LogP contribution < -0.4 is 4.90 Å². The van der Waals surface area contributed by atoms with Gasteiger partial charge >= 0.3 is 0 Å². The maximum Gasteiger partial charge on any atom is 0.225 e. The van der Waals surface area contributed by atoms with Crippen LogP contribution in [0.2, 0.25) is 0 Å². The van der Waals surface area contributed by atoms with Gasteiger partial charge in [0, 0.05) is 57.2 Å². The smallest absolute Gasteiger partial charge is 0.225 e. The second-order valence-corrected chi connectivity index (χ2v) is 8.01. The van der Waals surface area contributed by atoms with E-state index in [4.69, 9.17) is 4.74 Å². The molecule has 1 aromatic rings. The third kappa shape index (κ3) is 4.52. The molecule has 1 aromatic heterocycles. The van der Waals surface area contributed by atoms with E-state index in [0.29, 0.717) is 0 Å². The summed E-state index contributed by atoms with van der Waals surface area (Å²) >= 11 is 0. The number of ether oxygens (including phenoxy) is 1. The molecule has 0 bridgehead atoms. The molecule has 7 nitrogen and oxygen atoms in total. The highest BCUT2D eigenvalue weighted by Gasteiger charge is 2.37. The van der Waals surface area contributed by atoms with Gasteiger partial charge in [-0.1, -0.05) is 6.42 Å². The Kier molecular flexibility index (Phi) is 5.69. The summed E-state index contributed by atoms with van der Waals surface area (Å²) in [6.07, 6.45) is 8.59. The first-order chi connectivity index (χ1) is 12.7. The molecule has 1 N–H and O–H groups in total. The predicted molar refractivity (Wildman–Crippen MR) is 100 cm³/mol. The van der Waals surface area contributed by atoms with Crippen molar-refractivity contribution in [3.05, 3.63) is 18.0 Å². The Morgan fingerprint density at radius 3 is 2.42 bits per heavy atom. The molecule has 26 heavy (non-hydrogen) atoms. The number of aliphatic hydroxyl groups is 1. The van der Waals surface area contributed by atoms with Gasteiger partial charge in [0.05, 0.1) is 18.8 Å². The average molecular weight is 361 g/mol. The van der Waals surface area contributed by atoms with Crippen molar-refractivity contribution in [3.63, 3.8) is 0 Å². The molecule has 7 heteroatoms. The van der Waals surface area contributed by atoms with E-state index >= 15 is 0 Å². The molecule has 0 aliphatic carbocycles. The van der Waals surface area contributed by atoms with Gasteiger partial charge in [-0.15, -0.1) is 0 Å². The van der Waals surface area contributed by atoms with Gasteiger partial charge in [0.15, 0.2) is 0 Å². The van der Waals surface area contributed by atoms with Crippen LogP contribution in [0.15, 0.2) is 12.4 Å². The summed E-state index contributed by atoms with van der Waals surface area (Å²) in [5.41, 5.74) is 0.551. The molecule has 3 saturated heterocycles. The lowest BCUT2D eigenvalue weighted by Gasteiger charge is -2.33. The fourth-order valence-corrected chi connectivity index (χ4v) is 4.35. The van der Waals surface area contributed by atoms with Gasteiger partial charge in [-0.25, -0.2) is 9.97 Å². The molecule has 4 heterocycles. The largest absolute Gasteiger partial charge is 0.387 e. The van der Waals surface area contributed by atoms with E-state index in [1.54, 1.807) is 0 Å². The number of hydrogen-bond donors (Lipinski definition) is 1. The number of hydrogen-bond acceptors (Lipinski definition) is 7. The number of nitrogens with zero attached hydrogens (tertiary/aromatic N) is 5. The van der Waals surface area contributed by atoms with Crippen molar-refractivity contribution in [2.45, 2.75) is 37.8 Å². The van der Waals surface area contributed by atoms with Gasteiger partial charge in [0.1, 0.15) is 0 Å². The van der Waals surface area contributed by atoms with Crippen LogP contribution in [0.3, 0.4) is 0 Å². The summed E-state index contributed by atoms with van der Waals surface area (Å²) < 4.78 is 5.38. The Hall–Kier alpha value is -1.28. The maximum atomic E-state index is 11.0. The van der Waals surface area contributed by atoms with Crippen molar-refractivity contribution in [2.75, 3.05) is 63.9 Å². The minimum atomic E-state index is -0.564. The molecule has 0 amide bonds. The van der Waals surface area contributed by atoms with Crippen LogP contribution in [0.5, 0.6) is 0 Å². The summed E-state index contributed by atoms with van der Waals surface area (Å²) in [5, 5.41) is 11.0. The number of anilines is 1. The maximum absolute atomic E-state index is 11.0. The highest BCUT2D eigenvalue weighted by Crippen LogP contribution is 2.25. The van der Waals surface area contributed by atoms with E-state index in [2.05, 4.69) is 24.7 Å². The van der Waals surface area contributed by atoms with Crippen LogP contribution >= 0.6 is 0 Å². The standard InChI is InChI=1S/C19H31N5O2/c25-19(15-22-5-2-1-3-6-22)4-7-23(16-19)14-17-12-20-18(21-13-17)24-8-10-26-11-9-24/h12-13,25H,1-11,14-16H2/t19-/m1/s1. The van der Waals surface area contributed by atoms with Crippen molar-refractivity contribution in [3.8, 4) is 0 Å². The third-order valence-electron chi connectivity index (χ3n) is 5.77. The molecule has 0 spiro atoms. The minimum Gasteiger partial charge on any atom is -0.387 e. The van der Waals surface area contributed by atoms with Crippen LogP contribution in [-0.2, 0) is 11.3 Å². The van der Waals surface area contributed by atoms with E-state index in [1.807, 2.05) is 12.4 Å². The van der Waals surface area contributed by atoms with Crippen LogP contribution in [0.25, 0.3) is 0 Å². The van der Waals surface area contributed by atoms with Gasteiger partial charge in [-0.3, -0.25) is 4.90 Å². The van der Waals surface area contributed by atoms with Gasteiger partial charge in [0.2, 0.25) is 5.95 Å². The zero-order valence-corrected chi connectivity index (χ0v) is 15.6. The van der Waals surface area contributed by atoms with Crippen LogP contribution in [0.4, 0.5) is 5.95 Å². The van der Waals surface area contributed by atoms with E-state index in [9.17, 15) is 5.11 Å². The van der Waals surface area contributed by atoms with Crippen LogP contribution in [-0.4, -0.2) is 89.5 Å². The van der Waals surface area contributed by atoms with Crippen molar-refractivity contribution < 1.29 is 9.84 Å². The molecular weight excluding hydrogens is 330 g/mol. The number of piperidine rings is 1. The minimum absolute atomic E-state index is 0.564. The lowest BCUT2D eigenvalue weighted by Crippen LogP contribution is -2.46. The number of β-amino-alcohol motifs (C(OH)–C–C–N with tert-alkyl or cyclic N) is 1. The highest BCUT2D eigenvalue weighted by atomic mass is 16.5. The quantitative estimate of drug-likeness (QED) is 0.830. The van der Waals surface area contributed by atoms with Gasteiger partial charge < -0.3 is 19.6 Å². The molecule has 3 aliphatic heterocycles. The SMILES string of the molecule is O[C@@]1(CN2CCCCC2)CCN(Cc2cnc(N3CCOCC3)nc2)C1. The van der Waals surface area contributed by atoms with Crippen LogP contribution in [0.1, 0.15) is 31.2 Å². The van der Waals surface area contributed by atoms with Crippen molar-refractivity contribution in [2.24, 2.45) is 0 Å². The molecule has 0 saturated carbocycles. The summed E-state index contributed by atoms with van der Waals surface area (Å²) in [6, 6.07) is 0. The molecule has 4 rings (SSSR count). The zero-order chi connectivity index (χ0) is 17.8. The molecule has 144 valence electrons. The topological polar surface area (TPSA) is 65.0 Å². The van der Waals surface area contributed by atoms with Gasteiger partial charge in [-0.05, 0) is 32.4 Å². The molecule has 0 radical (unpaired) electrons. The Bertz CT molecular complexity index is 572. The monoisotopic (exact) mass is 361 g/mol.